The smallest absolute Gasteiger partial charge is 0.304 e. The summed E-state index contributed by atoms with van der Waals surface area (Å²) in [5, 5.41) is 11.6. The Kier molecular flexibility index (Phi) is 3.10. The van der Waals surface area contributed by atoms with Crippen LogP contribution in [0.15, 0.2) is 0 Å². The van der Waals surface area contributed by atoms with Gasteiger partial charge in [-0.2, -0.15) is 0 Å². The van der Waals surface area contributed by atoms with Crippen LogP contribution in [-0.2, 0) is 4.79 Å². The first kappa shape index (κ1) is 7.96. The SMILES string of the molecule is O=C(O)CC1CCCPN1. The van der Waals surface area contributed by atoms with E-state index in [4.69, 9.17) is 5.11 Å². The molecule has 1 rings (SSSR count). The molecule has 10 heavy (non-hydrogen) atoms. The summed E-state index contributed by atoms with van der Waals surface area (Å²) in [4.78, 5) is 10.2. The summed E-state index contributed by atoms with van der Waals surface area (Å²) in [6, 6.07) is 0.240. The molecule has 0 bridgehead atoms. The van der Waals surface area contributed by atoms with E-state index in [1.54, 1.807) is 0 Å². The second-order valence-electron chi connectivity index (χ2n) is 2.51. The monoisotopic (exact) mass is 161 g/mol. The third kappa shape index (κ3) is 2.63. The summed E-state index contributed by atoms with van der Waals surface area (Å²) in [6.07, 6.45) is 3.71. The highest BCUT2D eigenvalue weighted by Crippen LogP contribution is 2.19. The number of carbonyl (C=O) groups is 1. The van der Waals surface area contributed by atoms with Gasteiger partial charge >= 0.3 is 5.97 Å². The summed E-state index contributed by atoms with van der Waals surface area (Å²) in [5.74, 6) is -0.691. The number of aliphatic carboxylic acids is 1. The van der Waals surface area contributed by atoms with E-state index in [-0.39, 0.29) is 12.5 Å². The van der Waals surface area contributed by atoms with Gasteiger partial charge in [0.1, 0.15) is 0 Å². The largest absolute Gasteiger partial charge is 0.481 e. The number of hydrogen-bond acceptors (Lipinski definition) is 2. The number of rotatable bonds is 2. The van der Waals surface area contributed by atoms with Gasteiger partial charge in [0.2, 0.25) is 0 Å². The lowest BCUT2D eigenvalue weighted by Crippen LogP contribution is -2.28. The fraction of sp³-hybridized carbons (Fsp3) is 0.833. The Bertz CT molecular complexity index is 123. The Morgan fingerprint density at radius 2 is 2.60 bits per heavy atom. The van der Waals surface area contributed by atoms with Crippen molar-refractivity contribution in [1.29, 1.82) is 0 Å². The molecule has 1 aliphatic heterocycles. The normalized spacial score (nSPS) is 28.6. The fourth-order valence-corrected chi connectivity index (χ4v) is 2.15. The predicted molar refractivity (Wildman–Crippen MR) is 41.6 cm³/mol. The van der Waals surface area contributed by atoms with Gasteiger partial charge in [-0.1, -0.05) is 8.73 Å². The molecule has 0 aromatic carbocycles. The first-order valence-electron chi connectivity index (χ1n) is 3.49. The van der Waals surface area contributed by atoms with Crippen molar-refractivity contribution in [3.8, 4) is 0 Å². The molecule has 1 fully saturated rings. The van der Waals surface area contributed by atoms with Crippen LogP contribution in [0, 0.1) is 0 Å². The highest BCUT2D eigenvalue weighted by atomic mass is 31.1. The third-order valence-corrected chi connectivity index (χ3v) is 2.80. The van der Waals surface area contributed by atoms with Crippen LogP contribution in [0.1, 0.15) is 19.3 Å². The van der Waals surface area contributed by atoms with E-state index < -0.39 is 5.97 Å². The molecule has 4 heteroatoms. The molecule has 2 unspecified atom stereocenters. The van der Waals surface area contributed by atoms with Gasteiger partial charge in [-0.15, -0.1) is 0 Å². The van der Waals surface area contributed by atoms with Crippen molar-refractivity contribution >= 4 is 14.7 Å². The Balaban J connectivity index is 2.19. The van der Waals surface area contributed by atoms with Crippen LogP contribution in [-0.4, -0.2) is 23.3 Å². The molecule has 3 nitrogen and oxygen atoms in total. The molecule has 0 saturated carbocycles. The molecular weight excluding hydrogens is 149 g/mol. The Hall–Kier alpha value is -0.140. The topological polar surface area (TPSA) is 49.3 Å². The molecule has 0 aromatic heterocycles. The zero-order chi connectivity index (χ0) is 7.40. The van der Waals surface area contributed by atoms with E-state index in [1.807, 2.05) is 0 Å². The van der Waals surface area contributed by atoms with Crippen molar-refractivity contribution in [2.24, 2.45) is 0 Å². The number of hydrogen-bond donors (Lipinski definition) is 2. The van der Waals surface area contributed by atoms with Gasteiger partial charge in [0, 0.05) is 6.04 Å². The average Bonchev–Trinajstić information content (AvgIpc) is 1.88. The molecule has 2 N–H and O–H groups in total. The van der Waals surface area contributed by atoms with E-state index in [0.29, 0.717) is 0 Å². The minimum atomic E-state index is -0.691. The Morgan fingerprint density at radius 1 is 1.80 bits per heavy atom. The van der Waals surface area contributed by atoms with E-state index in [9.17, 15) is 4.79 Å². The number of nitrogens with one attached hydrogen (secondary N) is 1. The predicted octanol–water partition coefficient (Wildman–Crippen LogP) is 0.807. The van der Waals surface area contributed by atoms with Crippen molar-refractivity contribution in [2.75, 3.05) is 6.16 Å². The van der Waals surface area contributed by atoms with Crippen molar-refractivity contribution in [1.82, 2.24) is 5.09 Å². The second kappa shape index (κ2) is 3.89. The molecular formula is C6H12NO2P. The average molecular weight is 161 g/mol. The molecule has 1 saturated heterocycles. The second-order valence-corrected chi connectivity index (χ2v) is 3.65. The Morgan fingerprint density at radius 3 is 3.10 bits per heavy atom. The van der Waals surface area contributed by atoms with Crippen LogP contribution in [0.2, 0.25) is 0 Å². The zero-order valence-corrected chi connectivity index (χ0v) is 6.76. The Labute approximate surface area is 62.0 Å². The highest BCUT2D eigenvalue weighted by Gasteiger charge is 2.14. The molecule has 0 amide bonds. The minimum absolute atomic E-state index is 0.240. The maximum atomic E-state index is 10.2. The van der Waals surface area contributed by atoms with Crippen LogP contribution < -0.4 is 5.09 Å². The number of carboxylic acids is 1. The van der Waals surface area contributed by atoms with Crippen molar-refractivity contribution in [2.45, 2.75) is 25.3 Å². The lowest BCUT2D eigenvalue weighted by atomic mass is 10.1. The van der Waals surface area contributed by atoms with Crippen LogP contribution in [0.4, 0.5) is 0 Å². The van der Waals surface area contributed by atoms with Crippen LogP contribution in [0.5, 0.6) is 0 Å². The fourth-order valence-electron chi connectivity index (χ4n) is 1.09. The van der Waals surface area contributed by atoms with E-state index in [2.05, 4.69) is 5.09 Å². The third-order valence-electron chi connectivity index (χ3n) is 1.58. The van der Waals surface area contributed by atoms with Gasteiger partial charge in [0.25, 0.3) is 0 Å². The maximum absolute atomic E-state index is 10.2. The maximum Gasteiger partial charge on any atom is 0.304 e. The van der Waals surface area contributed by atoms with Crippen molar-refractivity contribution in [3.63, 3.8) is 0 Å². The van der Waals surface area contributed by atoms with Gasteiger partial charge in [-0.05, 0) is 19.0 Å². The summed E-state index contributed by atoms with van der Waals surface area (Å²) < 4.78 is 0. The zero-order valence-electron chi connectivity index (χ0n) is 5.76. The van der Waals surface area contributed by atoms with Gasteiger partial charge < -0.3 is 5.11 Å². The molecule has 0 aliphatic carbocycles. The van der Waals surface area contributed by atoms with Crippen molar-refractivity contribution in [3.05, 3.63) is 0 Å². The quantitative estimate of drug-likeness (QED) is 0.589. The number of carboxylic acid groups (broad SMARTS) is 1. The van der Waals surface area contributed by atoms with Gasteiger partial charge in [0.05, 0.1) is 6.42 Å². The summed E-state index contributed by atoms with van der Waals surface area (Å²) in [5.41, 5.74) is 0. The van der Waals surface area contributed by atoms with Crippen molar-refractivity contribution < 1.29 is 9.90 Å². The highest BCUT2D eigenvalue weighted by molar-refractivity contribution is 7.35. The van der Waals surface area contributed by atoms with Crippen LogP contribution in [0.3, 0.4) is 0 Å². The standard InChI is InChI=1S/C6H12NO2P/c8-6(9)4-5-2-1-3-10-7-5/h5,7,10H,1-4H2,(H,8,9). The summed E-state index contributed by atoms with van der Waals surface area (Å²) in [6.45, 7) is 0. The van der Waals surface area contributed by atoms with Crippen LogP contribution in [0.25, 0.3) is 0 Å². The van der Waals surface area contributed by atoms with Crippen LogP contribution >= 0.6 is 8.73 Å². The van der Waals surface area contributed by atoms with E-state index in [0.717, 1.165) is 15.2 Å². The first-order chi connectivity index (χ1) is 4.79. The van der Waals surface area contributed by atoms with Gasteiger partial charge in [-0.25, -0.2) is 0 Å². The molecule has 0 spiro atoms. The summed E-state index contributed by atoms with van der Waals surface area (Å²) in [7, 11) is 0.768. The van der Waals surface area contributed by atoms with E-state index in [1.165, 1.54) is 12.6 Å². The lowest BCUT2D eigenvalue weighted by molar-refractivity contribution is -0.137. The molecule has 2 atom stereocenters. The van der Waals surface area contributed by atoms with E-state index >= 15 is 0 Å². The minimum Gasteiger partial charge on any atom is -0.481 e. The van der Waals surface area contributed by atoms with Gasteiger partial charge in [-0.3, -0.25) is 9.88 Å². The first-order valence-corrected chi connectivity index (χ1v) is 4.70. The molecule has 1 aliphatic rings. The van der Waals surface area contributed by atoms with Gasteiger partial charge in [0.15, 0.2) is 0 Å². The molecule has 0 radical (unpaired) electrons. The lowest BCUT2D eigenvalue weighted by Gasteiger charge is -2.21. The molecule has 0 aromatic rings. The molecule has 58 valence electrons. The molecule has 1 heterocycles. The summed E-state index contributed by atoms with van der Waals surface area (Å²) >= 11 is 0.